The molecule has 1 saturated heterocycles. The highest BCUT2D eigenvalue weighted by molar-refractivity contribution is 6.31. The maximum Gasteiger partial charge on any atom is 0.143 e. The van der Waals surface area contributed by atoms with Crippen molar-refractivity contribution < 1.29 is 9.84 Å². The summed E-state index contributed by atoms with van der Waals surface area (Å²) in [4.78, 5) is 6.33. The smallest absolute Gasteiger partial charge is 0.143 e. The summed E-state index contributed by atoms with van der Waals surface area (Å²) in [5.41, 5.74) is 0.738. The maximum absolute atomic E-state index is 10.5. The molecule has 0 spiro atoms. The first kappa shape index (κ1) is 14.5. The highest BCUT2D eigenvalue weighted by Gasteiger charge is 2.29. The molecule has 0 aliphatic carbocycles. The molecule has 0 bridgehead atoms. The van der Waals surface area contributed by atoms with Crippen molar-refractivity contribution in [2.45, 2.75) is 12.1 Å². The Morgan fingerprint density at radius 2 is 2.33 bits per heavy atom. The molecule has 1 aliphatic heterocycles. The molecule has 2 heterocycles. The fourth-order valence-corrected chi connectivity index (χ4v) is 2.81. The molecule has 3 rings (SSSR count). The minimum absolute atomic E-state index is 0.0293. The zero-order valence-corrected chi connectivity index (χ0v) is 12.2. The molecule has 7 heteroatoms. The quantitative estimate of drug-likeness (QED) is 0.897. The molecular formula is C14H17ClN4O2. The Balaban J connectivity index is 1.74. The van der Waals surface area contributed by atoms with Gasteiger partial charge in [-0.15, -0.1) is 0 Å². The van der Waals surface area contributed by atoms with Crippen LogP contribution < -0.4 is 0 Å². The topological polar surface area (TPSA) is 74.3 Å². The number of nitrogens with zero attached hydrogens (tertiary/aromatic N) is 3. The van der Waals surface area contributed by atoms with Gasteiger partial charge in [-0.2, -0.15) is 5.10 Å². The third-order valence-electron chi connectivity index (χ3n) is 3.66. The predicted octanol–water partition coefficient (Wildman–Crippen LogP) is 1.56. The average Bonchev–Trinajstić information content (AvgIpc) is 3.02. The number of β-amino-alcohol motifs (C(OH)–C–C–N with tert-alkyl or cyclic N) is 1. The second-order valence-electron chi connectivity index (χ2n) is 4.99. The van der Waals surface area contributed by atoms with E-state index in [1.165, 1.54) is 6.33 Å². The van der Waals surface area contributed by atoms with Gasteiger partial charge in [0.05, 0.1) is 25.4 Å². The number of aromatic nitrogens is 3. The number of rotatable bonds is 4. The van der Waals surface area contributed by atoms with Crippen LogP contribution in [0.5, 0.6) is 0 Å². The number of ether oxygens (including phenoxy) is 1. The van der Waals surface area contributed by atoms with E-state index in [2.05, 4.69) is 20.1 Å². The van der Waals surface area contributed by atoms with Gasteiger partial charge in [0.15, 0.2) is 0 Å². The lowest BCUT2D eigenvalue weighted by Crippen LogP contribution is -2.42. The van der Waals surface area contributed by atoms with E-state index in [0.29, 0.717) is 24.8 Å². The highest BCUT2D eigenvalue weighted by Crippen LogP contribution is 2.27. The molecule has 1 aromatic carbocycles. The summed E-state index contributed by atoms with van der Waals surface area (Å²) >= 11 is 6.14. The van der Waals surface area contributed by atoms with E-state index in [4.69, 9.17) is 16.3 Å². The zero-order valence-electron chi connectivity index (χ0n) is 11.4. The van der Waals surface area contributed by atoms with E-state index in [0.717, 1.165) is 17.9 Å². The number of nitrogens with one attached hydrogen (secondary N) is 1. The number of H-pyrrole nitrogens is 1. The normalized spacial score (nSPS) is 21.3. The van der Waals surface area contributed by atoms with E-state index in [1.807, 2.05) is 18.2 Å². The van der Waals surface area contributed by atoms with Crippen LogP contribution >= 0.6 is 11.6 Å². The van der Waals surface area contributed by atoms with E-state index in [1.54, 1.807) is 6.07 Å². The van der Waals surface area contributed by atoms with Crippen molar-refractivity contribution in [3.05, 3.63) is 47.0 Å². The van der Waals surface area contributed by atoms with Crippen molar-refractivity contribution in [2.75, 3.05) is 26.3 Å². The van der Waals surface area contributed by atoms with Crippen LogP contribution in [0.25, 0.3) is 0 Å². The van der Waals surface area contributed by atoms with Gasteiger partial charge in [-0.1, -0.05) is 29.8 Å². The fourth-order valence-electron chi connectivity index (χ4n) is 2.55. The maximum atomic E-state index is 10.5. The van der Waals surface area contributed by atoms with Crippen LogP contribution in [0.2, 0.25) is 5.02 Å². The monoisotopic (exact) mass is 308 g/mol. The molecule has 0 saturated carbocycles. The number of aliphatic hydroxyl groups is 1. The van der Waals surface area contributed by atoms with E-state index < -0.39 is 6.10 Å². The molecule has 1 aromatic heterocycles. The summed E-state index contributed by atoms with van der Waals surface area (Å²) in [6.07, 6.45) is 0.828. The average molecular weight is 309 g/mol. The molecule has 1 aliphatic rings. The Labute approximate surface area is 127 Å². The van der Waals surface area contributed by atoms with Gasteiger partial charge < -0.3 is 9.84 Å². The molecular weight excluding hydrogens is 292 g/mol. The van der Waals surface area contributed by atoms with Gasteiger partial charge in [-0.05, 0) is 6.07 Å². The summed E-state index contributed by atoms with van der Waals surface area (Å²) in [6, 6.07) is 7.32. The lowest BCUT2D eigenvalue weighted by atomic mass is 10.1. The molecule has 21 heavy (non-hydrogen) atoms. The molecule has 0 amide bonds. The third-order valence-corrected chi connectivity index (χ3v) is 4.00. The van der Waals surface area contributed by atoms with Gasteiger partial charge in [0, 0.05) is 23.7 Å². The van der Waals surface area contributed by atoms with Crippen LogP contribution in [0.3, 0.4) is 0 Å². The van der Waals surface area contributed by atoms with Crippen molar-refractivity contribution in [3.8, 4) is 0 Å². The zero-order chi connectivity index (χ0) is 14.7. The molecule has 1 fully saturated rings. The lowest BCUT2D eigenvalue weighted by molar-refractivity contribution is -0.0306. The molecule has 2 atom stereocenters. The number of halogens is 1. The van der Waals surface area contributed by atoms with Crippen molar-refractivity contribution in [3.63, 3.8) is 0 Å². The predicted molar refractivity (Wildman–Crippen MR) is 77.9 cm³/mol. The van der Waals surface area contributed by atoms with Gasteiger partial charge in [0.1, 0.15) is 12.2 Å². The SMILES string of the molecule is O[C@@H](CN1CCOCC1c1ncn[nH]1)c1ccccc1Cl. The third kappa shape index (κ3) is 3.24. The molecule has 6 nitrogen and oxygen atoms in total. The van der Waals surface area contributed by atoms with Crippen LogP contribution in [-0.2, 0) is 4.74 Å². The van der Waals surface area contributed by atoms with Gasteiger partial charge in [-0.25, -0.2) is 4.98 Å². The van der Waals surface area contributed by atoms with Gasteiger partial charge in [0.2, 0.25) is 0 Å². The number of hydrogen-bond donors (Lipinski definition) is 2. The van der Waals surface area contributed by atoms with E-state index in [9.17, 15) is 5.11 Å². The first-order chi connectivity index (χ1) is 10.3. The molecule has 112 valence electrons. The molecule has 2 N–H and O–H groups in total. The van der Waals surface area contributed by atoms with E-state index in [-0.39, 0.29) is 6.04 Å². The number of benzene rings is 1. The summed E-state index contributed by atoms with van der Waals surface area (Å²) in [7, 11) is 0. The van der Waals surface area contributed by atoms with Crippen LogP contribution in [0.15, 0.2) is 30.6 Å². The second kappa shape index (κ2) is 6.53. The Hall–Kier alpha value is -1.47. The number of morpholine rings is 1. The van der Waals surface area contributed by atoms with E-state index >= 15 is 0 Å². The standard InChI is InChI=1S/C14H17ClN4O2/c15-11-4-2-1-3-10(11)13(20)7-19-5-6-21-8-12(19)14-16-9-17-18-14/h1-4,9,12-13,20H,5-8H2,(H,16,17,18)/t12?,13-/m0/s1. The first-order valence-electron chi connectivity index (χ1n) is 6.85. The van der Waals surface area contributed by atoms with Crippen LogP contribution in [0.1, 0.15) is 23.5 Å². The minimum Gasteiger partial charge on any atom is -0.387 e. The van der Waals surface area contributed by atoms with Crippen LogP contribution in [-0.4, -0.2) is 51.5 Å². The Bertz CT molecular complexity index is 578. The van der Waals surface area contributed by atoms with Gasteiger partial charge in [-0.3, -0.25) is 10.00 Å². The Kier molecular flexibility index (Phi) is 4.50. The molecule has 2 aromatic rings. The van der Waals surface area contributed by atoms with Crippen molar-refractivity contribution in [2.24, 2.45) is 0 Å². The highest BCUT2D eigenvalue weighted by atomic mass is 35.5. The fraction of sp³-hybridized carbons (Fsp3) is 0.429. The van der Waals surface area contributed by atoms with Crippen LogP contribution in [0.4, 0.5) is 0 Å². The van der Waals surface area contributed by atoms with Crippen molar-refractivity contribution in [1.82, 2.24) is 20.1 Å². The van der Waals surface area contributed by atoms with Crippen molar-refractivity contribution >= 4 is 11.6 Å². The minimum atomic E-state index is -0.651. The second-order valence-corrected chi connectivity index (χ2v) is 5.40. The Morgan fingerprint density at radius 3 is 3.10 bits per heavy atom. The summed E-state index contributed by atoms with van der Waals surface area (Å²) < 4.78 is 5.51. The van der Waals surface area contributed by atoms with Crippen LogP contribution in [0, 0.1) is 0 Å². The largest absolute Gasteiger partial charge is 0.387 e. The first-order valence-corrected chi connectivity index (χ1v) is 7.23. The summed E-state index contributed by atoms with van der Waals surface area (Å²) in [5.74, 6) is 0.751. The summed E-state index contributed by atoms with van der Waals surface area (Å²) in [5, 5.41) is 17.8. The lowest BCUT2D eigenvalue weighted by Gasteiger charge is -2.35. The van der Waals surface area contributed by atoms with Gasteiger partial charge >= 0.3 is 0 Å². The molecule has 0 radical (unpaired) electrons. The number of aliphatic hydroxyl groups excluding tert-OH is 1. The van der Waals surface area contributed by atoms with Crippen molar-refractivity contribution in [1.29, 1.82) is 0 Å². The number of hydrogen-bond acceptors (Lipinski definition) is 5. The molecule has 1 unspecified atom stereocenters. The Morgan fingerprint density at radius 1 is 1.48 bits per heavy atom. The van der Waals surface area contributed by atoms with Gasteiger partial charge in [0.25, 0.3) is 0 Å². The summed E-state index contributed by atoms with van der Waals surface area (Å²) in [6.45, 7) is 2.37. The number of aromatic amines is 1.